The standard InChI is InChI=1S/C11H15ClN2O2/c1-11(2,3)16-10(15)14-9-5-4-7(12)6-8(9)13/h4-6H,13H2,1-3H3,(H,14,15)/p+1. The number of rotatable bonds is 1. The average molecular weight is 244 g/mol. The zero-order valence-corrected chi connectivity index (χ0v) is 10.4. The molecule has 0 saturated carbocycles. The monoisotopic (exact) mass is 243 g/mol. The highest BCUT2D eigenvalue weighted by Crippen LogP contribution is 2.21. The van der Waals surface area contributed by atoms with Gasteiger partial charge in [-0.05, 0) is 32.9 Å². The predicted octanol–water partition coefficient (Wildman–Crippen LogP) is 2.56. The number of amides is 1. The highest BCUT2D eigenvalue weighted by atomic mass is 35.5. The van der Waals surface area contributed by atoms with E-state index < -0.39 is 11.7 Å². The van der Waals surface area contributed by atoms with Crippen LogP contribution in [0, 0.1) is 0 Å². The summed E-state index contributed by atoms with van der Waals surface area (Å²) in [5.41, 5.74) is 4.51. The van der Waals surface area contributed by atoms with E-state index in [2.05, 4.69) is 11.1 Å². The molecule has 0 radical (unpaired) electrons. The number of carbonyl (C=O) groups excluding carboxylic acids is 1. The molecule has 1 rings (SSSR count). The van der Waals surface area contributed by atoms with Gasteiger partial charge in [0.15, 0.2) is 5.69 Å². The first kappa shape index (κ1) is 12.8. The molecule has 4 nitrogen and oxygen atoms in total. The van der Waals surface area contributed by atoms with Gasteiger partial charge in [0.2, 0.25) is 0 Å². The summed E-state index contributed by atoms with van der Waals surface area (Å²) in [5, 5.41) is 3.19. The van der Waals surface area contributed by atoms with Crippen molar-refractivity contribution in [3.05, 3.63) is 23.2 Å². The second-order valence-corrected chi connectivity index (χ2v) is 4.86. The minimum absolute atomic E-state index is 0.500. The Morgan fingerprint density at radius 2 is 2.06 bits per heavy atom. The van der Waals surface area contributed by atoms with E-state index in [0.717, 1.165) is 0 Å². The summed E-state index contributed by atoms with van der Waals surface area (Å²) < 4.78 is 5.12. The summed E-state index contributed by atoms with van der Waals surface area (Å²) in [6, 6.07) is 5.05. The van der Waals surface area contributed by atoms with Crippen molar-refractivity contribution in [2.24, 2.45) is 0 Å². The summed E-state index contributed by atoms with van der Waals surface area (Å²) in [6.07, 6.45) is -0.500. The van der Waals surface area contributed by atoms with Gasteiger partial charge in [-0.1, -0.05) is 11.6 Å². The van der Waals surface area contributed by atoms with Crippen LogP contribution in [0.3, 0.4) is 0 Å². The normalized spacial score (nSPS) is 11.1. The molecule has 16 heavy (non-hydrogen) atoms. The average Bonchev–Trinajstić information content (AvgIpc) is 2.06. The summed E-state index contributed by atoms with van der Waals surface area (Å²) >= 11 is 5.78. The fraction of sp³-hybridized carbons (Fsp3) is 0.364. The van der Waals surface area contributed by atoms with E-state index in [1.165, 1.54) is 0 Å². The van der Waals surface area contributed by atoms with Gasteiger partial charge in [-0.3, -0.25) is 5.32 Å². The number of halogens is 1. The van der Waals surface area contributed by atoms with Crippen molar-refractivity contribution < 1.29 is 15.3 Å². The van der Waals surface area contributed by atoms with E-state index in [0.29, 0.717) is 16.4 Å². The Morgan fingerprint density at radius 1 is 1.44 bits per heavy atom. The molecular formula is C11H16ClN2O2+. The second kappa shape index (κ2) is 4.72. The number of hydrogen-bond acceptors (Lipinski definition) is 2. The van der Waals surface area contributed by atoms with E-state index in [-0.39, 0.29) is 0 Å². The zero-order valence-electron chi connectivity index (χ0n) is 9.63. The molecule has 5 heteroatoms. The largest absolute Gasteiger partial charge is 0.444 e. The maximum Gasteiger partial charge on any atom is 0.412 e. The van der Waals surface area contributed by atoms with Crippen molar-refractivity contribution >= 4 is 29.1 Å². The van der Waals surface area contributed by atoms with Gasteiger partial charge in [0, 0.05) is 11.1 Å². The number of nitrogens with one attached hydrogen (secondary N) is 1. The number of carbonyl (C=O) groups is 1. The van der Waals surface area contributed by atoms with Crippen molar-refractivity contribution in [3.8, 4) is 0 Å². The maximum atomic E-state index is 11.5. The van der Waals surface area contributed by atoms with Crippen LogP contribution >= 0.6 is 11.6 Å². The van der Waals surface area contributed by atoms with E-state index in [1.807, 2.05) is 0 Å². The molecule has 4 N–H and O–H groups in total. The molecule has 0 aromatic heterocycles. The Bertz CT molecular complexity index is 399. The SMILES string of the molecule is CC(C)(C)OC(=O)Nc1ccc(Cl)cc1[NH3+]. The van der Waals surface area contributed by atoms with Gasteiger partial charge in [0.1, 0.15) is 11.3 Å². The summed E-state index contributed by atoms with van der Waals surface area (Å²) in [6.45, 7) is 5.42. The van der Waals surface area contributed by atoms with Crippen LogP contribution < -0.4 is 11.1 Å². The molecule has 1 aromatic rings. The quantitative estimate of drug-likeness (QED) is 0.796. The lowest BCUT2D eigenvalue weighted by Gasteiger charge is -2.19. The molecule has 0 heterocycles. The van der Waals surface area contributed by atoms with Crippen LogP contribution in [-0.2, 0) is 4.74 Å². The van der Waals surface area contributed by atoms with Crippen LogP contribution in [0.2, 0.25) is 5.02 Å². The van der Waals surface area contributed by atoms with Gasteiger partial charge in [-0.25, -0.2) is 4.79 Å². The van der Waals surface area contributed by atoms with Crippen LogP contribution in [0.4, 0.5) is 16.2 Å². The second-order valence-electron chi connectivity index (χ2n) is 4.43. The molecule has 0 spiro atoms. The first-order chi connectivity index (χ1) is 7.28. The molecular weight excluding hydrogens is 228 g/mol. The Labute approximate surface area is 99.7 Å². The van der Waals surface area contributed by atoms with Crippen molar-refractivity contribution in [2.75, 3.05) is 5.32 Å². The van der Waals surface area contributed by atoms with Crippen molar-refractivity contribution in [3.63, 3.8) is 0 Å². The van der Waals surface area contributed by atoms with Crippen LogP contribution in [0.1, 0.15) is 20.8 Å². The van der Waals surface area contributed by atoms with Gasteiger partial charge in [0.05, 0.1) is 0 Å². The predicted molar refractivity (Wildman–Crippen MR) is 63.9 cm³/mol. The Hall–Kier alpha value is -1.26. The van der Waals surface area contributed by atoms with E-state index in [9.17, 15) is 4.79 Å². The zero-order chi connectivity index (χ0) is 12.3. The highest BCUT2D eigenvalue weighted by molar-refractivity contribution is 6.30. The molecule has 1 aromatic carbocycles. The van der Waals surface area contributed by atoms with Gasteiger partial charge >= 0.3 is 6.09 Å². The third-order valence-corrected chi connectivity index (χ3v) is 1.94. The molecule has 0 fully saturated rings. The summed E-state index contributed by atoms with van der Waals surface area (Å²) in [7, 11) is 0. The van der Waals surface area contributed by atoms with Crippen LogP contribution in [0.25, 0.3) is 0 Å². The van der Waals surface area contributed by atoms with E-state index in [4.69, 9.17) is 16.3 Å². The Morgan fingerprint density at radius 3 is 2.56 bits per heavy atom. The third kappa shape index (κ3) is 4.08. The van der Waals surface area contributed by atoms with Crippen molar-refractivity contribution in [2.45, 2.75) is 26.4 Å². The lowest BCUT2D eigenvalue weighted by atomic mass is 10.2. The molecule has 0 atom stereocenters. The fourth-order valence-corrected chi connectivity index (χ4v) is 1.29. The molecule has 88 valence electrons. The first-order valence-corrected chi connectivity index (χ1v) is 5.27. The summed E-state index contributed by atoms with van der Waals surface area (Å²) in [4.78, 5) is 11.5. The van der Waals surface area contributed by atoms with Crippen LogP contribution in [0.5, 0.6) is 0 Å². The molecule has 0 saturated heterocycles. The highest BCUT2D eigenvalue weighted by Gasteiger charge is 2.17. The van der Waals surface area contributed by atoms with Gasteiger partial charge in [-0.2, -0.15) is 0 Å². The lowest BCUT2D eigenvalue weighted by molar-refractivity contribution is -0.253. The molecule has 0 unspecified atom stereocenters. The lowest BCUT2D eigenvalue weighted by Crippen LogP contribution is -2.41. The topological polar surface area (TPSA) is 66.0 Å². The molecule has 0 aliphatic heterocycles. The number of quaternary nitrogens is 1. The molecule has 0 bridgehead atoms. The Kier molecular flexibility index (Phi) is 3.78. The van der Waals surface area contributed by atoms with Gasteiger partial charge in [0.25, 0.3) is 0 Å². The number of anilines is 1. The van der Waals surface area contributed by atoms with E-state index in [1.54, 1.807) is 39.0 Å². The fourth-order valence-electron chi connectivity index (χ4n) is 1.10. The van der Waals surface area contributed by atoms with Crippen LogP contribution in [0.15, 0.2) is 18.2 Å². The molecule has 1 amide bonds. The van der Waals surface area contributed by atoms with Crippen molar-refractivity contribution in [1.29, 1.82) is 0 Å². The van der Waals surface area contributed by atoms with Crippen LogP contribution in [-0.4, -0.2) is 11.7 Å². The third-order valence-electron chi connectivity index (χ3n) is 1.70. The van der Waals surface area contributed by atoms with Crippen molar-refractivity contribution in [1.82, 2.24) is 0 Å². The smallest absolute Gasteiger partial charge is 0.412 e. The number of ether oxygens (including phenoxy) is 1. The first-order valence-electron chi connectivity index (χ1n) is 4.89. The minimum atomic E-state index is -0.516. The van der Waals surface area contributed by atoms with Gasteiger partial charge < -0.3 is 10.5 Å². The number of hydrogen-bond donors (Lipinski definition) is 2. The van der Waals surface area contributed by atoms with E-state index >= 15 is 0 Å². The summed E-state index contributed by atoms with van der Waals surface area (Å²) in [5.74, 6) is 0. The Balaban J connectivity index is 2.70. The molecule has 0 aliphatic carbocycles. The maximum absolute atomic E-state index is 11.5. The van der Waals surface area contributed by atoms with Gasteiger partial charge in [-0.15, -0.1) is 0 Å². The minimum Gasteiger partial charge on any atom is -0.444 e. The molecule has 0 aliphatic rings. The number of benzene rings is 1.